The van der Waals surface area contributed by atoms with Crippen LogP contribution in [0.1, 0.15) is 10.4 Å². The van der Waals surface area contributed by atoms with E-state index in [4.69, 9.17) is 21.4 Å². The van der Waals surface area contributed by atoms with Crippen LogP contribution in [0, 0.1) is 0 Å². The number of anilines is 2. The standard InChI is InChI=1S/C13H11ClN2O3/c1-19-12-6-8(2-3-10(12)14)16-11-4-5-15-7-9(11)13(17)18/h2-7H,1H3,(H,15,16)(H,17,18). The van der Waals surface area contributed by atoms with Gasteiger partial charge in [0.15, 0.2) is 0 Å². The van der Waals surface area contributed by atoms with E-state index in [-0.39, 0.29) is 5.56 Å². The predicted molar refractivity (Wildman–Crippen MR) is 72.5 cm³/mol. The molecule has 19 heavy (non-hydrogen) atoms. The van der Waals surface area contributed by atoms with Gasteiger partial charge in [-0.2, -0.15) is 0 Å². The first-order valence-corrected chi connectivity index (χ1v) is 5.77. The van der Waals surface area contributed by atoms with E-state index >= 15 is 0 Å². The Morgan fingerprint density at radius 3 is 2.89 bits per heavy atom. The molecule has 0 saturated heterocycles. The summed E-state index contributed by atoms with van der Waals surface area (Å²) in [6, 6.07) is 6.68. The topological polar surface area (TPSA) is 71.5 Å². The van der Waals surface area contributed by atoms with Crippen LogP contribution in [0.2, 0.25) is 5.02 Å². The highest BCUT2D eigenvalue weighted by Gasteiger charge is 2.10. The van der Waals surface area contributed by atoms with Crippen LogP contribution in [0.15, 0.2) is 36.7 Å². The highest BCUT2D eigenvalue weighted by molar-refractivity contribution is 6.32. The lowest BCUT2D eigenvalue weighted by Gasteiger charge is -2.11. The van der Waals surface area contributed by atoms with Crippen molar-refractivity contribution in [1.29, 1.82) is 0 Å². The number of carboxylic acid groups (broad SMARTS) is 1. The maximum absolute atomic E-state index is 11.1. The number of carbonyl (C=O) groups is 1. The third-order valence-corrected chi connectivity index (χ3v) is 2.79. The summed E-state index contributed by atoms with van der Waals surface area (Å²) in [6.07, 6.45) is 2.81. The second kappa shape index (κ2) is 5.58. The molecule has 0 spiro atoms. The van der Waals surface area contributed by atoms with Crippen LogP contribution in [-0.2, 0) is 0 Å². The minimum atomic E-state index is -1.04. The first-order valence-electron chi connectivity index (χ1n) is 5.39. The molecule has 5 nitrogen and oxygen atoms in total. The van der Waals surface area contributed by atoms with Gasteiger partial charge in [0.1, 0.15) is 11.3 Å². The van der Waals surface area contributed by atoms with Crippen molar-refractivity contribution in [3.8, 4) is 5.75 Å². The zero-order valence-corrected chi connectivity index (χ0v) is 10.8. The number of ether oxygens (including phenoxy) is 1. The molecule has 0 aliphatic carbocycles. The van der Waals surface area contributed by atoms with Crippen molar-refractivity contribution in [2.24, 2.45) is 0 Å². The molecule has 2 rings (SSSR count). The highest BCUT2D eigenvalue weighted by atomic mass is 35.5. The van der Waals surface area contributed by atoms with Crippen LogP contribution in [0.5, 0.6) is 5.75 Å². The Labute approximate surface area is 114 Å². The molecule has 0 amide bonds. The van der Waals surface area contributed by atoms with Gasteiger partial charge in [0.25, 0.3) is 0 Å². The highest BCUT2D eigenvalue weighted by Crippen LogP contribution is 2.29. The van der Waals surface area contributed by atoms with E-state index < -0.39 is 5.97 Å². The van der Waals surface area contributed by atoms with Crippen LogP contribution in [0.25, 0.3) is 0 Å². The smallest absolute Gasteiger partial charge is 0.339 e. The molecule has 0 saturated carbocycles. The van der Waals surface area contributed by atoms with Gasteiger partial charge in [-0.3, -0.25) is 4.98 Å². The summed E-state index contributed by atoms with van der Waals surface area (Å²) in [7, 11) is 1.51. The van der Waals surface area contributed by atoms with Crippen molar-refractivity contribution < 1.29 is 14.6 Å². The van der Waals surface area contributed by atoms with Crippen molar-refractivity contribution in [1.82, 2.24) is 4.98 Å². The third kappa shape index (κ3) is 2.95. The minimum Gasteiger partial charge on any atom is -0.495 e. The molecular formula is C13H11ClN2O3. The van der Waals surface area contributed by atoms with E-state index in [9.17, 15) is 4.79 Å². The van der Waals surface area contributed by atoms with E-state index in [1.165, 1.54) is 19.5 Å². The molecule has 2 aromatic rings. The van der Waals surface area contributed by atoms with Gasteiger partial charge >= 0.3 is 5.97 Å². The Bertz CT molecular complexity index is 617. The molecular weight excluding hydrogens is 268 g/mol. The minimum absolute atomic E-state index is 0.0939. The van der Waals surface area contributed by atoms with E-state index in [2.05, 4.69) is 10.3 Å². The molecule has 1 aromatic carbocycles. The Morgan fingerprint density at radius 1 is 1.42 bits per heavy atom. The van der Waals surface area contributed by atoms with E-state index in [0.29, 0.717) is 22.1 Å². The Balaban J connectivity index is 2.34. The normalized spacial score (nSPS) is 10.0. The van der Waals surface area contributed by atoms with Gasteiger partial charge < -0.3 is 15.2 Å². The van der Waals surface area contributed by atoms with Crippen molar-refractivity contribution in [3.05, 3.63) is 47.2 Å². The number of hydrogen-bond donors (Lipinski definition) is 2. The van der Waals surface area contributed by atoms with Crippen molar-refractivity contribution in [2.45, 2.75) is 0 Å². The number of halogens is 1. The second-order valence-corrected chi connectivity index (χ2v) is 4.11. The second-order valence-electron chi connectivity index (χ2n) is 3.70. The molecule has 1 heterocycles. The average molecular weight is 279 g/mol. The van der Waals surface area contributed by atoms with Crippen molar-refractivity contribution >= 4 is 28.9 Å². The Kier molecular flexibility index (Phi) is 3.87. The number of nitrogens with one attached hydrogen (secondary N) is 1. The first kappa shape index (κ1) is 13.2. The summed E-state index contributed by atoms with van der Waals surface area (Å²) in [5, 5.41) is 12.5. The molecule has 0 atom stereocenters. The van der Waals surface area contributed by atoms with E-state index in [0.717, 1.165) is 0 Å². The number of nitrogens with zero attached hydrogens (tertiary/aromatic N) is 1. The van der Waals surface area contributed by atoms with E-state index in [1.54, 1.807) is 24.3 Å². The molecule has 6 heteroatoms. The summed E-state index contributed by atoms with van der Waals surface area (Å²) in [4.78, 5) is 14.9. The van der Waals surface area contributed by atoms with Crippen LogP contribution in [0.4, 0.5) is 11.4 Å². The largest absolute Gasteiger partial charge is 0.495 e. The molecule has 1 aromatic heterocycles. The molecule has 0 radical (unpaired) electrons. The fraction of sp³-hybridized carbons (Fsp3) is 0.0769. The number of aromatic nitrogens is 1. The summed E-state index contributed by atoms with van der Waals surface area (Å²) in [5.74, 6) is -0.533. The van der Waals surface area contributed by atoms with Crippen molar-refractivity contribution in [2.75, 3.05) is 12.4 Å². The number of rotatable bonds is 4. The quantitative estimate of drug-likeness (QED) is 0.899. The van der Waals surface area contributed by atoms with Gasteiger partial charge in [0, 0.05) is 24.1 Å². The Morgan fingerprint density at radius 2 is 2.21 bits per heavy atom. The van der Waals surface area contributed by atoms with Gasteiger partial charge in [-0.05, 0) is 18.2 Å². The number of hydrogen-bond acceptors (Lipinski definition) is 4. The lowest BCUT2D eigenvalue weighted by molar-refractivity contribution is 0.0697. The number of carboxylic acids is 1. The molecule has 0 unspecified atom stereocenters. The predicted octanol–water partition coefficient (Wildman–Crippen LogP) is 3.19. The zero-order chi connectivity index (χ0) is 13.8. The SMILES string of the molecule is COc1cc(Nc2ccncc2C(=O)O)ccc1Cl. The summed E-state index contributed by atoms with van der Waals surface area (Å²) in [6.45, 7) is 0. The fourth-order valence-corrected chi connectivity index (χ4v) is 1.76. The number of pyridine rings is 1. The third-order valence-electron chi connectivity index (χ3n) is 2.48. The molecule has 0 bridgehead atoms. The summed E-state index contributed by atoms with van der Waals surface area (Å²) >= 11 is 5.92. The lowest BCUT2D eigenvalue weighted by Crippen LogP contribution is -2.03. The first-order chi connectivity index (χ1) is 9.11. The zero-order valence-electron chi connectivity index (χ0n) is 10.1. The van der Waals surface area contributed by atoms with Gasteiger partial charge in [0.05, 0.1) is 17.8 Å². The number of methoxy groups -OCH3 is 1. The fourth-order valence-electron chi connectivity index (χ4n) is 1.57. The van der Waals surface area contributed by atoms with Crippen LogP contribution >= 0.6 is 11.6 Å². The van der Waals surface area contributed by atoms with Gasteiger partial charge in [0.2, 0.25) is 0 Å². The molecule has 98 valence electrons. The Hall–Kier alpha value is -2.27. The molecule has 0 aliphatic rings. The summed E-state index contributed by atoms with van der Waals surface area (Å²) in [5.41, 5.74) is 1.22. The molecule has 0 fully saturated rings. The van der Waals surface area contributed by atoms with E-state index in [1.807, 2.05) is 0 Å². The average Bonchev–Trinajstić information content (AvgIpc) is 2.41. The maximum atomic E-state index is 11.1. The van der Waals surface area contributed by atoms with Gasteiger partial charge in [-0.25, -0.2) is 4.79 Å². The monoisotopic (exact) mass is 278 g/mol. The van der Waals surface area contributed by atoms with Gasteiger partial charge in [-0.1, -0.05) is 11.6 Å². The number of aromatic carboxylic acids is 1. The molecule has 0 aliphatic heterocycles. The number of benzene rings is 1. The lowest BCUT2D eigenvalue weighted by atomic mass is 10.2. The maximum Gasteiger partial charge on any atom is 0.339 e. The summed E-state index contributed by atoms with van der Waals surface area (Å²) < 4.78 is 5.10. The van der Waals surface area contributed by atoms with Crippen LogP contribution in [-0.4, -0.2) is 23.2 Å². The van der Waals surface area contributed by atoms with Gasteiger partial charge in [-0.15, -0.1) is 0 Å². The molecule has 2 N–H and O–H groups in total. The van der Waals surface area contributed by atoms with Crippen LogP contribution in [0.3, 0.4) is 0 Å². The van der Waals surface area contributed by atoms with Crippen molar-refractivity contribution in [3.63, 3.8) is 0 Å². The van der Waals surface area contributed by atoms with Crippen LogP contribution < -0.4 is 10.1 Å².